The summed E-state index contributed by atoms with van der Waals surface area (Å²) in [7, 11) is 2.03. The summed E-state index contributed by atoms with van der Waals surface area (Å²) in [6.45, 7) is 4.90. The van der Waals surface area contributed by atoms with Crippen LogP contribution in [0.1, 0.15) is 24.0 Å². The van der Waals surface area contributed by atoms with E-state index >= 15 is 0 Å². The predicted octanol–water partition coefficient (Wildman–Crippen LogP) is 1.60. The first-order chi connectivity index (χ1) is 6.99. The first-order valence-corrected chi connectivity index (χ1v) is 5.81. The normalized spacial score (nSPS) is 13.1. The molecule has 1 atom stereocenters. The second-order valence-electron chi connectivity index (χ2n) is 3.85. The highest BCUT2D eigenvalue weighted by Gasteiger charge is 2.11. The minimum atomic E-state index is 0.240. The van der Waals surface area contributed by atoms with Gasteiger partial charge in [-0.3, -0.25) is 10.3 Å². The quantitative estimate of drug-likeness (QED) is 0.592. The molecule has 0 saturated carbocycles. The third-order valence-electron chi connectivity index (χ3n) is 2.35. The number of rotatable bonds is 5. The maximum absolute atomic E-state index is 7.24. The Hall–Kier alpha value is -0.940. The van der Waals surface area contributed by atoms with E-state index in [0.29, 0.717) is 6.42 Å². The Labute approximate surface area is 94.6 Å². The Bertz CT molecular complexity index is 334. The lowest BCUT2D eigenvalue weighted by molar-refractivity contribution is 0.252. The Morgan fingerprint density at radius 2 is 2.40 bits per heavy atom. The molecule has 0 aromatic carbocycles. The zero-order valence-corrected chi connectivity index (χ0v) is 10.3. The van der Waals surface area contributed by atoms with Crippen LogP contribution >= 0.6 is 11.3 Å². The van der Waals surface area contributed by atoms with Crippen LogP contribution in [0.25, 0.3) is 0 Å². The fraction of sp³-hybridized carbons (Fsp3) is 0.600. The van der Waals surface area contributed by atoms with Gasteiger partial charge in [0, 0.05) is 24.4 Å². The molecule has 0 spiro atoms. The second-order valence-corrected chi connectivity index (χ2v) is 4.91. The summed E-state index contributed by atoms with van der Waals surface area (Å²) in [5, 5.41) is 10.4. The highest BCUT2D eigenvalue weighted by Crippen LogP contribution is 2.11. The number of hydrogen-bond acceptors (Lipinski definition) is 4. The number of nitrogens with two attached hydrogens (primary N) is 1. The molecule has 0 aliphatic carbocycles. The van der Waals surface area contributed by atoms with Crippen molar-refractivity contribution in [3.63, 3.8) is 0 Å². The van der Waals surface area contributed by atoms with Gasteiger partial charge >= 0.3 is 0 Å². The number of amidine groups is 1. The average Bonchev–Trinajstić information content (AvgIpc) is 2.50. The van der Waals surface area contributed by atoms with Crippen LogP contribution < -0.4 is 5.73 Å². The van der Waals surface area contributed by atoms with Gasteiger partial charge in [-0.05, 0) is 20.9 Å². The number of aromatic nitrogens is 1. The molecule has 0 aliphatic heterocycles. The van der Waals surface area contributed by atoms with Crippen LogP contribution in [0, 0.1) is 12.3 Å². The lowest BCUT2D eigenvalue weighted by Crippen LogP contribution is -2.32. The summed E-state index contributed by atoms with van der Waals surface area (Å²) >= 11 is 1.67. The molecule has 1 unspecified atom stereocenters. The van der Waals surface area contributed by atoms with Gasteiger partial charge in [0.05, 0.1) is 16.5 Å². The van der Waals surface area contributed by atoms with Crippen LogP contribution in [0.2, 0.25) is 0 Å². The summed E-state index contributed by atoms with van der Waals surface area (Å²) in [6, 6.07) is 0.282. The van der Waals surface area contributed by atoms with Crippen molar-refractivity contribution in [3.05, 3.63) is 16.1 Å². The van der Waals surface area contributed by atoms with Gasteiger partial charge in [-0.2, -0.15) is 0 Å². The number of nitrogens with one attached hydrogen (secondary N) is 1. The van der Waals surface area contributed by atoms with Crippen LogP contribution in [0.5, 0.6) is 0 Å². The summed E-state index contributed by atoms with van der Waals surface area (Å²) in [6.07, 6.45) is 0.611. The maximum Gasteiger partial charge on any atom is 0.0920 e. The Morgan fingerprint density at radius 3 is 2.87 bits per heavy atom. The zero-order valence-electron chi connectivity index (χ0n) is 9.45. The first kappa shape index (κ1) is 12.1. The Balaban J connectivity index is 2.47. The molecule has 0 saturated heterocycles. The number of aryl methyl sites for hydroxylation is 1. The van der Waals surface area contributed by atoms with Gasteiger partial charge in [-0.15, -0.1) is 11.3 Å². The molecular formula is C10H18N4S. The molecule has 0 bridgehead atoms. The molecule has 3 N–H and O–H groups in total. The zero-order chi connectivity index (χ0) is 11.4. The van der Waals surface area contributed by atoms with Crippen LogP contribution in [0.3, 0.4) is 0 Å². The van der Waals surface area contributed by atoms with Crippen molar-refractivity contribution in [1.82, 2.24) is 9.88 Å². The van der Waals surface area contributed by atoms with Gasteiger partial charge in [0.25, 0.3) is 0 Å². The van der Waals surface area contributed by atoms with Crippen LogP contribution in [0.4, 0.5) is 0 Å². The standard InChI is InChI=1S/C10H18N4S/c1-7(4-10(11)12)14(3)5-9-6-15-8(2)13-9/h6-7H,4-5H2,1-3H3,(H3,11,12). The molecule has 15 heavy (non-hydrogen) atoms. The molecule has 1 rings (SSSR count). The van der Waals surface area contributed by atoms with Gasteiger partial charge in [0.1, 0.15) is 0 Å². The molecule has 84 valence electrons. The van der Waals surface area contributed by atoms with E-state index in [1.165, 1.54) is 0 Å². The molecule has 0 aliphatic rings. The number of thiazole rings is 1. The van der Waals surface area contributed by atoms with Crippen molar-refractivity contribution in [3.8, 4) is 0 Å². The lowest BCUT2D eigenvalue weighted by Gasteiger charge is -2.23. The van der Waals surface area contributed by atoms with Crippen molar-refractivity contribution < 1.29 is 0 Å². The van der Waals surface area contributed by atoms with Gasteiger partial charge < -0.3 is 5.73 Å². The van der Waals surface area contributed by atoms with E-state index in [0.717, 1.165) is 17.2 Å². The molecule has 0 radical (unpaired) electrons. The molecule has 4 nitrogen and oxygen atoms in total. The minimum absolute atomic E-state index is 0.240. The van der Waals surface area contributed by atoms with E-state index in [2.05, 4.69) is 22.2 Å². The summed E-state index contributed by atoms with van der Waals surface area (Å²) in [5.41, 5.74) is 6.46. The second kappa shape index (κ2) is 5.23. The van der Waals surface area contributed by atoms with Crippen molar-refractivity contribution >= 4 is 17.2 Å². The minimum Gasteiger partial charge on any atom is -0.388 e. The van der Waals surface area contributed by atoms with Gasteiger partial charge in [0.2, 0.25) is 0 Å². The lowest BCUT2D eigenvalue weighted by atomic mass is 10.2. The largest absolute Gasteiger partial charge is 0.388 e. The van der Waals surface area contributed by atoms with E-state index < -0.39 is 0 Å². The first-order valence-electron chi connectivity index (χ1n) is 4.93. The maximum atomic E-state index is 7.24. The van der Waals surface area contributed by atoms with E-state index in [4.69, 9.17) is 11.1 Å². The van der Waals surface area contributed by atoms with Gasteiger partial charge in [-0.1, -0.05) is 0 Å². The molecule has 0 amide bonds. The van der Waals surface area contributed by atoms with E-state index in [1.54, 1.807) is 11.3 Å². The molecular weight excluding hydrogens is 208 g/mol. The topological polar surface area (TPSA) is 66.0 Å². The van der Waals surface area contributed by atoms with Crippen molar-refractivity contribution in [2.45, 2.75) is 32.9 Å². The smallest absolute Gasteiger partial charge is 0.0920 e. The molecule has 0 fully saturated rings. The fourth-order valence-corrected chi connectivity index (χ4v) is 1.97. The SMILES string of the molecule is Cc1nc(CN(C)C(C)CC(=N)N)cs1. The average molecular weight is 226 g/mol. The number of hydrogen-bond donors (Lipinski definition) is 2. The monoisotopic (exact) mass is 226 g/mol. The van der Waals surface area contributed by atoms with Gasteiger partial charge in [0.15, 0.2) is 0 Å². The highest BCUT2D eigenvalue weighted by atomic mass is 32.1. The number of nitrogens with zero attached hydrogens (tertiary/aromatic N) is 2. The predicted molar refractivity (Wildman–Crippen MR) is 64.3 cm³/mol. The molecule has 1 heterocycles. The molecule has 1 aromatic heterocycles. The summed E-state index contributed by atoms with van der Waals surface area (Å²) in [5.74, 6) is 0.240. The third kappa shape index (κ3) is 3.97. The van der Waals surface area contributed by atoms with Crippen LogP contribution in [-0.4, -0.2) is 28.8 Å². The van der Waals surface area contributed by atoms with E-state index in [9.17, 15) is 0 Å². The van der Waals surface area contributed by atoms with E-state index in [-0.39, 0.29) is 11.9 Å². The fourth-order valence-electron chi connectivity index (χ4n) is 1.37. The van der Waals surface area contributed by atoms with E-state index in [1.807, 2.05) is 14.0 Å². The Kier molecular flexibility index (Phi) is 4.23. The summed E-state index contributed by atoms with van der Waals surface area (Å²) in [4.78, 5) is 6.57. The van der Waals surface area contributed by atoms with Crippen molar-refractivity contribution in [2.75, 3.05) is 7.05 Å². The highest BCUT2D eigenvalue weighted by molar-refractivity contribution is 7.09. The molecule has 1 aromatic rings. The van der Waals surface area contributed by atoms with Crippen LogP contribution in [-0.2, 0) is 6.54 Å². The van der Waals surface area contributed by atoms with Crippen molar-refractivity contribution in [1.29, 1.82) is 5.41 Å². The summed E-state index contributed by atoms with van der Waals surface area (Å²) < 4.78 is 0. The van der Waals surface area contributed by atoms with Crippen LogP contribution in [0.15, 0.2) is 5.38 Å². The Morgan fingerprint density at radius 1 is 1.73 bits per heavy atom. The van der Waals surface area contributed by atoms with Gasteiger partial charge in [-0.25, -0.2) is 4.98 Å². The molecule has 5 heteroatoms. The van der Waals surface area contributed by atoms with Crippen molar-refractivity contribution in [2.24, 2.45) is 5.73 Å². The third-order valence-corrected chi connectivity index (χ3v) is 3.17.